The smallest absolute Gasteiger partial charge is 0.305 e. The molecular weight excluding hydrogens is 492 g/mol. The first kappa shape index (κ1) is 35.5. The summed E-state index contributed by atoms with van der Waals surface area (Å²) in [4.78, 5) is 24.5. The van der Waals surface area contributed by atoms with E-state index in [0.29, 0.717) is 30.5 Å². The molecule has 224 valence electrons. The van der Waals surface area contributed by atoms with E-state index < -0.39 is 0 Å². The molecule has 0 aromatic carbocycles. The predicted molar refractivity (Wildman–Crippen MR) is 164 cm³/mol. The van der Waals surface area contributed by atoms with Gasteiger partial charge in [0.2, 0.25) is 0 Å². The molecule has 0 amide bonds. The molecule has 5 heteroatoms. The lowest BCUT2D eigenvalue weighted by atomic mass is 9.82. The second-order valence-corrected chi connectivity index (χ2v) is 13.7. The minimum absolute atomic E-state index is 0.0535. The number of carbonyl (C=O) groups is 2. The SMILES string of the molecule is CCCCCCCCCCOC(=O)CCCCCCC1C(=O)CCC1SCC(O)C(C)(C)CCCCCC. The molecule has 0 radical (unpaired) electrons. The molecule has 0 aromatic rings. The lowest BCUT2D eigenvalue weighted by Crippen LogP contribution is -2.32. The third-order valence-electron chi connectivity index (χ3n) is 8.49. The van der Waals surface area contributed by atoms with Crippen LogP contribution in [0.5, 0.6) is 0 Å². The molecule has 0 saturated heterocycles. The van der Waals surface area contributed by atoms with Crippen LogP contribution in [0.1, 0.15) is 163 Å². The lowest BCUT2D eigenvalue weighted by molar-refractivity contribution is -0.143. The highest BCUT2D eigenvalue weighted by atomic mass is 32.2. The fraction of sp³-hybridized carbons (Fsp3) is 0.939. The average molecular weight is 555 g/mol. The Morgan fingerprint density at radius 1 is 0.895 bits per heavy atom. The molecule has 4 nitrogen and oxygen atoms in total. The first-order valence-electron chi connectivity index (χ1n) is 16.3. The van der Waals surface area contributed by atoms with Crippen LogP contribution in [0.25, 0.3) is 0 Å². The summed E-state index contributed by atoms with van der Waals surface area (Å²) >= 11 is 1.83. The maximum absolute atomic E-state index is 12.5. The Kier molecular flexibility index (Phi) is 20.7. The molecule has 1 N–H and O–H groups in total. The molecule has 0 aliphatic heterocycles. The minimum Gasteiger partial charge on any atom is -0.466 e. The Morgan fingerprint density at radius 3 is 2.16 bits per heavy atom. The largest absolute Gasteiger partial charge is 0.466 e. The first-order chi connectivity index (χ1) is 18.3. The number of esters is 1. The number of rotatable bonds is 25. The highest BCUT2D eigenvalue weighted by Gasteiger charge is 2.36. The number of hydrogen-bond donors (Lipinski definition) is 1. The van der Waals surface area contributed by atoms with Crippen LogP contribution < -0.4 is 0 Å². The van der Waals surface area contributed by atoms with Gasteiger partial charge in [-0.15, -0.1) is 0 Å². The quantitative estimate of drug-likeness (QED) is 0.0899. The van der Waals surface area contributed by atoms with Crippen molar-refractivity contribution in [2.45, 2.75) is 174 Å². The number of thioether (sulfide) groups is 1. The van der Waals surface area contributed by atoms with Gasteiger partial charge in [-0.3, -0.25) is 9.59 Å². The van der Waals surface area contributed by atoms with Crippen LogP contribution in [-0.4, -0.2) is 40.6 Å². The van der Waals surface area contributed by atoms with Gasteiger partial charge in [-0.05, 0) is 37.5 Å². The number of aliphatic hydroxyl groups excluding tert-OH is 1. The Labute approximate surface area is 240 Å². The Morgan fingerprint density at radius 2 is 1.47 bits per heavy atom. The van der Waals surface area contributed by atoms with Gasteiger partial charge >= 0.3 is 5.97 Å². The molecule has 1 saturated carbocycles. The van der Waals surface area contributed by atoms with Crippen molar-refractivity contribution >= 4 is 23.5 Å². The van der Waals surface area contributed by atoms with Gasteiger partial charge in [0.1, 0.15) is 5.78 Å². The van der Waals surface area contributed by atoms with Gasteiger partial charge in [0.05, 0.1) is 12.7 Å². The fourth-order valence-corrected chi connectivity index (χ4v) is 7.21. The zero-order valence-corrected chi connectivity index (χ0v) is 26.4. The number of aliphatic hydroxyl groups is 1. The van der Waals surface area contributed by atoms with Crippen LogP contribution in [0.4, 0.5) is 0 Å². The molecular formula is C33H62O4S. The van der Waals surface area contributed by atoms with Crippen molar-refractivity contribution in [1.82, 2.24) is 0 Å². The van der Waals surface area contributed by atoms with Crippen molar-refractivity contribution in [2.24, 2.45) is 11.3 Å². The van der Waals surface area contributed by atoms with Gasteiger partial charge in [0.25, 0.3) is 0 Å². The van der Waals surface area contributed by atoms with Gasteiger partial charge < -0.3 is 9.84 Å². The Balaban J connectivity index is 2.11. The standard InChI is InChI=1S/C33H62O4S/c1-5-7-9-11-12-13-16-20-26-37-32(36)22-18-15-14-17-21-28-29(34)23-24-30(28)38-27-31(35)33(3,4)25-19-10-8-6-2/h28,30-31,35H,5-27H2,1-4H3. The summed E-state index contributed by atoms with van der Waals surface area (Å²) in [5.41, 5.74) is -0.0616. The highest BCUT2D eigenvalue weighted by molar-refractivity contribution is 8.00. The van der Waals surface area contributed by atoms with Gasteiger partial charge in [-0.25, -0.2) is 0 Å². The molecule has 3 atom stereocenters. The summed E-state index contributed by atoms with van der Waals surface area (Å²) in [6.07, 6.45) is 22.9. The van der Waals surface area contributed by atoms with E-state index in [-0.39, 0.29) is 23.4 Å². The summed E-state index contributed by atoms with van der Waals surface area (Å²) in [5, 5.41) is 11.2. The van der Waals surface area contributed by atoms with Crippen molar-refractivity contribution in [3.05, 3.63) is 0 Å². The van der Waals surface area contributed by atoms with E-state index in [4.69, 9.17) is 4.74 Å². The second kappa shape index (κ2) is 22.2. The van der Waals surface area contributed by atoms with E-state index in [1.807, 2.05) is 11.8 Å². The van der Waals surface area contributed by atoms with Gasteiger partial charge in [0.15, 0.2) is 0 Å². The number of carbonyl (C=O) groups excluding carboxylic acids is 2. The van der Waals surface area contributed by atoms with Crippen molar-refractivity contribution in [3.63, 3.8) is 0 Å². The van der Waals surface area contributed by atoms with Crippen LogP contribution in [-0.2, 0) is 14.3 Å². The zero-order valence-electron chi connectivity index (χ0n) is 25.6. The molecule has 1 aliphatic carbocycles. The molecule has 0 heterocycles. The number of unbranched alkanes of at least 4 members (excludes halogenated alkanes) is 13. The third-order valence-corrected chi connectivity index (χ3v) is 9.99. The predicted octanol–water partition coefficient (Wildman–Crippen LogP) is 9.45. The fourth-order valence-electron chi connectivity index (χ4n) is 5.52. The molecule has 1 fully saturated rings. The van der Waals surface area contributed by atoms with Crippen LogP contribution in [0.2, 0.25) is 0 Å². The molecule has 38 heavy (non-hydrogen) atoms. The summed E-state index contributed by atoms with van der Waals surface area (Å²) in [5.74, 6) is 1.25. The number of ketones is 1. The van der Waals surface area contributed by atoms with Gasteiger partial charge in [-0.1, -0.05) is 118 Å². The highest BCUT2D eigenvalue weighted by Crippen LogP contribution is 2.38. The van der Waals surface area contributed by atoms with Gasteiger partial charge in [-0.2, -0.15) is 11.8 Å². The maximum atomic E-state index is 12.5. The molecule has 0 spiro atoms. The van der Waals surface area contributed by atoms with Crippen LogP contribution in [0.15, 0.2) is 0 Å². The normalized spacial score (nSPS) is 18.7. The van der Waals surface area contributed by atoms with Crippen LogP contribution >= 0.6 is 11.8 Å². The van der Waals surface area contributed by atoms with E-state index in [0.717, 1.165) is 63.5 Å². The Hall–Kier alpha value is -0.550. The number of hydrogen-bond acceptors (Lipinski definition) is 5. The van der Waals surface area contributed by atoms with Crippen molar-refractivity contribution in [1.29, 1.82) is 0 Å². The molecule has 0 aromatic heterocycles. The topological polar surface area (TPSA) is 63.6 Å². The molecule has 1 aliphatic rings. The number of Topliss-reactive ketones (excluding diaryl/α,β-unsaturated/α-hetero) is 1. The summed E-state index contributed by atoms with van der Waals surface area (Å²) in [6, 6.07) is 0. The van der Waals surface area contributed by atoms with Gasteiger partial charge in [0, 0.05) is 29.8 Å². The van der Waals surface area contributed by atoms with E-state index >= 15 is 0 Å². The summed E-state index contributed by atoms with van der Waals surface area (Å²) < 4.78 is 5.40. The lowest BCUT2D eigenvalue weighted by Gasteiger charge is -2.31. The summed E-state index contributed by atoms with van der Waals surface area (Å²) in [7, 11) is 0. The molecule has 3 unspecified atom stereocenters. The number of ether oxygens (including phenoxy) is 1. The van der Waals surface area contributed by atoms with E-state index in [1.54, 1.807) is 0 Å². The molecule has 1 rings (SSSR count). The first-order valence-corrected chi connectivity index (χ1v) is 17.3. The van der Waals surface area contributed by atoms with E-state index in [1.165, 1.54) is 64.2 Å². The monoisotopic (exact) mass is 554 g/mol. The van der Waals surface area contributed by atoms with Crippen molar-refractivity contribution in [2.75, 3.05) is 12.4 Å². The molecule has 0 bridgehead atoms. The summed E-state index contributed by atoms with van der Waals surface area (Å²) in [6.45, 7) is 9.42. The van der Waals surface area contributed by atoms with Crippen molar-refractivity contribution < 1.29 is 19.4 Å². The van der Waals surface area contributed by atoms with Crippen LogP contribution in [0.3, 0.4) is 0 Å². The van der Waals surface area contributed by atoms with Crippen LogP contribution in [0, 0.1) is 11.3 Å². The van der Waals surface area contributed by atoms with E-state index in [9.17, 15) is 14.7 Å². The second-order valence-electron chi connectivity index (χ2n) is 12.4. The maximum Gasteiger partial charge on any atom is 0.305 e. The average Bonchev–Trinajstić information content (AvgIpc) is 3.25. The van der Waals surface area contributed by atoms with Crippen molar-refractivity contribution in [3.8, 4) is 0 Å². The van der Waals surface area contributed by atoms with E-state index in [2.05, 4.69) is 27.7 Å². The Bertz CT molecular complexity index is 606. The zero-order chi connectivity index (χ0) is 28.1. The third kappa shape index (κ3) is 16.5. The minimum atomic E-state index is -0.319.